The second-order valence-electron chi connectivity index (χ2n) is 4.44. The van der Waals surface area contributed by atoms with Crippen molar-refractivity contribution in [1.29, 1.82) is 0 Å². The van der Waals surface area contributed by atoms with Crippen molar-refractivity contribution in [3.8, 4) is 0 Å². The topological polar surface area (TPSA) is 49.0 Å². The molecule has 1 aliphatic rings. The van der Waals surface area contributed by atoms with Crippen LogP contribution in [0.3, 0.4) is 0 Å². The average Bonchev–Trinajstić information content (AvgIpc) is 2.83. The molecule has 1 atom stereocenters. The maximum atomic E-state index is 11.8. The second kappa shape index (κ2) is 5.14. The summed E-state index contributed by atoms with van der Waals surface area (Å²) in [5.74, 6) is 0.740. The standard InChI is InChI=1S/C12H19N3O/c1-2-4-12(16)15-8-3-5-10(9-15)11-6-7-13-14-11/h6-7,10H,2-5,8-9H2,1H3,(H,13,14). The van der Waals surface area contributed by atoms with Crippen LogP contribution in [0.1, 0.15) is 44.2 Å². The molecular weight excluding hydrogens is 202 g/mol. The Hall–Kier alpha value is -1.32. The number of aromatic amines is 1. The fourth-order valence-corrected chi connectivity index (χ4v) is 2.32. The smallest absolute Gasteiger partial charge is 0.222 e. The van der Waals surface area contributed by atoms with Gasteiger partial charge in [-0.3, -0.25) is 9.89 Å². The normalized spacial score (nSPS) is 21.1. The molecule has 1 aromatic heterocycles. The molecule has 1 unspecified atom stereocenters. The van der Waals surface area contributed by atoms with E-state index in [0.29, 0.717) is 18.2 Å². The third-order valence-corrected chi connectivity index (χ3v) is 3.20. The van der Waals surface area contributed by atoms with Gasteiger partial charge in [0.2, 0.25) is 5.91 Å². The number of aromatic nitrogens is 2. The summed E-state index contributed by atoms with van der Waals surface area (Å²) in [6, 6.07) is 2.01. The number of rotatable bonds is 3. The first-order valence-electron chi connectivity index (χ1n) is 6.08. The van der Waals surface area contributed by atoms with Crippen molar-refractivity contribution in [3.63, 3.8) is 0 Å². The summed E-state index contributed by atoms with van der Waals surface area (Å²) >= 11 is 0. The van der Waals surface area contributed by atoms with Crippen molar-refractivity contribution >= 4 is 5.91 Å². The molecule has 0 radical (unpaired) electrons. The van der Waals surface area contributed by atoms with Gasteiger partial charge < -0.3 is 4.90 Å². The number of hydrogen-bond donors (Lipinski definition) is 1. The Labute approximate surface area is 96.0 Å². The number of amides is 1. The lowest BCUT2D eigenvalue weighted by atomic mass is 9.94. The lowest BCUT2D eigenvalue weighted by Crippen LogP contribution is -2.39. The SMILES string of the molecule is CCCC(=O)N1CCCC(c2ccn[nH]2)C1. The van der Waals surface area contributed by atoms with E-state index in [1.807, 2.05) is 17.9 Å². The van der Waals surface area contributed by atoms with Crippen LogP contribution >= 0.6 is 0 Å². The summed E-state index contributed by atoms with van der Waals surface area (Å²) < 4.78 is 0. The van der Waals surface area contributed by atoms with Gasteiger partial charge in [-0.1, -0.05) is 6.92 Å². The summed E-state index contributed by atoms with van der Waals surface area (Å²) in [6.45, 7) is 3.82. The first kappa shape index (κ1) is 11.2. The van der Waals surface area contributed by atoms with E-state index in [1.54, 1.807) is 6.20 Å². The number of hydrogen-bond acceptors (Lipinski definition) is 2. The molecule has 4 nitrogen and oxygen atoms in total. The van der Waals surface area contributed by atoms with Crippen LogP contribution in [0.25, 0.3) is 0 Å². The predicted octanol–water partition coefficient (Wildman–Crippen LogP) is 1.92. The van der Waals surface area contributed by atoms with Gasteiger partial charge >= 0.3 is 0 Å². The lowest BCUT2D eigenvalue weighted by Gasteiger charge is -2.32. The van der Waals surface area contributed by atoms with Gasteiger partial charge in [0, 0.05) is 37.3 Å². The first-order valence-corrected chi connectivity index (χ1v) is 6.08. The van der Waals surface area contributed by atoms with Crippen LogP contribution in [0.4, 0.5) is 0 Å². The maximum absolute atomic E-state index is 11.8. The minimum atomic E-state index is 0.298. The summed E-state index contributed by atoms with van der Waals surface area (Å²) in [5.41, 5.74) is 1.16. The molecule has 4 heteroatoms. The Morgan fingerprint density at radius 2 is 2.56 bits per heavy atom. The van der Waals surface area contributed by atoms with Gasteiger partial charge in [-0.25, -0.2) is 0 Å². The molecule has 1 saturated heterocycles. The Morgan fingerprint density at radius 3 is 3.25 bits per heavy atom. The third kappa shape index (κ3) is 2.43. The molecule has 1 aliphatic heterocycles. The molecule has 0 spiro atoms. The van der Waals surface area contributed by atoms with E-state index in [9.17, 15) is 4.79 Å². The third-order valence-electron chi connectivity index (χ3n) is 3.20. The molecule has 88 valence electrons. The average molecular weight is 221 g/mol. The molecule has 16 heavy (non-hydrogen) atoms. The minimum absolute atomic E-state index is 0.298. The molecule has 0 aromatic carbocycles. The van der Waals surface area contributed by atoms with Gasteiger partial charge in [0.05, 0.1) is 0 Å². The molecule has 1 fully saturated rings. The molecule has 1 N–H and O–H groups in total. The molecule has 2 heterocycles. The Bertz CT molecular complexity index is 334. The van der Waals surface area contributed by atoms with Crippen molar-refractivity contribution in [3.05, 3.63) is 18.0 Å². The molecule has 0 saturated carbocycles. The van der Waals surface area contributed by atoms with Crippen LogP contribution in [0.15, 0.2) is 12.3 Å². The van der Waals surface area contributed by atoms with Crippen molar-refractivity contribution in [2.75, 3.05) is 13.1 Å². The van der Waals surface area contributed by atoms with Crippen LogP contribution in [-0.4, -0.2) is 34.1 Å². The Morgan fingerprint density at radius 1 is 1.69 bits per heavy atom. The van der Waals surface area contributed by atoms with Crippen LogP contribution in [0.2, 0.25) is 0 Å². The van der Waals surface area contributed by atoms with Crippen molar-refractivity contribution in [2.24, 2.45) is 0 Å². The monoisotopic (exact) mass is 221 g/mol. The van der Waals surface area contributed by atoms with Crippen LogP contribution < -0.4 is 0 Å². The zero-order chi connectivity index (χ0) is 11.4. The zero-order valence-corrected chi connectivity index (χ0v) is 9.78. The summed E-state index contributed by atoms with van der Waals surface area (Å²) in [5, 5.41) is 6.99. The summed E-state index contributed by atoms with van der Waals surface area (Å²) in [4.78, 5) is 13.8. The predicted molar refractivity (Wildman–Crippen MR) is 62.1 cm³/mol. The fraction of sp³-hybridized carbons (Fsp3) is 0.667. The van der Waals surface area contributed by atoms with Gasteiger partial charge in [0.25, 0.3) is 0 Å². The van der Waals surface area contributed by atoms with Crippen molar-refractivity contribution in [2.45, 2.75) is 38.5 Å². The Balaban J connectivity index is 1.96. The molecule has 0 bridgehead atoms. The highest BCUT2D eigenvalue weighted by Gasteiger charge is 2.24. The van der Waals surface area contributed by atoms with Gasteiger partial charge in [-0.05, 0) is 25.3 Å². The maximum Gasteiger partial charge on any atom is 0.222 e. The molecular formula is C12H19N3O. The van der Waals surface area contributed by atoms with Crippen LogP contribution in [0, 0.1) is 0 Å². The van der Waals surface area contributed by atoms with E-state index in [1.165, 1.54) is 0 Å². The van der Waals surface area contributed by atoms with E-state index in [0.717, 1.165) is 38.0 Å². The number of nitrogens with zero attached hydrogens (tertiary/aromatic N) is 2. The van der Waals surface area contributed by atoms with Crippen molar-refractivity contribution < 1.29 is 4.79 Å². The van der Waals surface area contributed by atoms with Gasteiger partial charge in [0.1, 0.15) is 0 Å². The van der Waals surface area contributed by atoms with Gasteiger partial charge in [-0.2, -0.15) is 5.10 Å². The number of carbonyl (C=O) groups excluding carboxylic acids is 1. The number of piperidine rings is 1. The lowest BCUT2D eigenvalue weighted by molar-refractivity contribution is -0.132. The number of nitrogens with one attached hydrogen (secondary N) is 1. The van der Waals surface area contributed by atoms with Crippen LogP contribution in [-0.2, 0) is 4.79 Å². The molecule has 1 aromatic rings. The highest BCUT2D eigenvalue weighted by atomic mass is 16.2. The summed E-state index contributed by atoms with van der Waals surface area (Å²) in [6.07, 6.45) is 5.64. The quantitative estimate of drug-likeness (QED) is 0.847. The number of likely N-dealkylation sites (tertiary alicyclic amines) is 1. The molecule has 2 rings (SSSR count). The van der Waals surface area contributed by atoms with E-state index in [4.69, 9.17) is 0 Å². The van der Waals surface area contributed by atoms with Gasteiger partial charge in [-0.15, -0.1) is 0 Å². The summed E-state index contributed by atoms with van der Waals surface area (Å²) in [7, 11) is 0. The van der Waals surface area contributed by atoms with E-state index in [-0.39, 0.29) is 0 Å². The van der Waals surface area contributed by atoms with Crippen molar-refractivity contribution in [1.82, 2.24) is 15.1 Å². The van der Waals surface area contributed by atoms with E-state index in [2.05, 4.69) is 10.2 Å². The van der Waals surface area contributed by atoms with Crippen LogP contribution in [0.5, 0.6) is 0 Å². The number of H-pyrrole nitrogens is 1. The highest BCUT2D eigenvalue weighted by Crippen LogP contribution is 2.25. The molecule has 0 aliphatic carbocycles. The largest absolute Gasteiger partial charge is 0.342 e. The molecule has 1 amide bonds. The number of carbonyl (C=O) groups is 1. The highest BCUT2D eigenvalue weighted by molar-refractivity contribution is 5.76. The fourth-order valence-electron chi connectivity index (χ4n) is 2.32. The van der Waals surface area contributed by atoms with Gasteiger partial charge in [0.15, 0.2) is 0 Å². The minimum Gasteiger partial charge on any atom is -0.342 e. The second-order valence-corrected chi connectivity index (χ2v) is 4.44. The zero-order valence-electron chi connectivity index (χ0n) is 9.78. The first-order chi connectivity index (χ1) is 7.81. The van der Waals surface area contributed by atoms with E-state index < -0.39 is 0 Å². The van der Waals surface area contributed by atoms with E-state index >= 15 is 0 Å². The Kier molecular flexibility index (Phi) is 3.59.